The van der Waals surface area contributed by atoms with Gasteiger partial charge in [-0.1, -0.05) is 16.8 Å². The van der Waals surface area contributed by atoms with Gasteiger partial charge in [0.15, 0.2) is 11.2 Å². The molecule has 3 aromatic rings. The Morgan fingerprint density at radius 2 is 1.52 bits per heavy atom. The van der Waals surface area contributed by atoms with Crippen LogP contribution in [0.4, 0.5) is 0 Å². The van der Waals surface area contributed by atoms with Gasteiger partial charge in [-0.25, -0.2) is 4.68 Å². The van der Waals surface area contributed by atoms with Crippen molar-refractivity contribution in [1.82, 2.24) is 15.0 Å². The van der Waals surface area contributed by atoms with Gasteiger partial charge in [-0.15, -0.1) is 5.10 Å². The maximum atomic E-state index is 14.0. The Bertz CT molecular complexity index is 1580. The number of fused-ring (bicyclic) bond motifs is 1. The van der Waals surface area contributed by atoms with Crippen molar-refractivity contribution >= 4 is 28.6 Å². The highest BCUT2D eigenvalue weighted by Crippen LogP contribution is 2.36. The van der Waals surface area contributed by atoms with Crippen LogP contribution >= 0.6 is 0 Å². The maximum Gasteiger partial charge on any atom is 0.324 e. The molecular weight excluding hydrogens is 590 g/mol. The monoisotopic (exact) mass is 635 g/mol. The number of esters is 2. The molecule has 0 atom stereocenters. The van der Waals surface area contributed by atoms with Crippen LogP contribution in [0.1, 0.15) is 83.1 Å². The summed E-state index contributed by atoms with van der Waals surface area (Å²) < 4.78 is 23.9. The highest BCUT2D eigenvalue weighted by molar-refractivity contribution is 6.07. The third kappa shape index (κ3) is 8.99. The molecular formula is C35H45N3O8. The first-order valence-corrected chi connectivity index (χ1v) is 15.7. The number of hydrogen-bond donors (Lipinski definition) is 0. The molecule has 248 valence electrons. The summed E-state index contributed by atoms with van der Waals surface area (Å²) in [5.41, 5.74) is -2.90. The first kappa shape index (κ1) is 34.7. The second-order valence-electron chi connectivity index (χ2n) is 14.0. The third-order valence-electron chi connectivity index (χ3n) is 7.67. The zero-order chi connectivity index (χ0) is 33.7. The van der Waals surface area contributed by atoms with E-state index in [1.165, 1.54) is 0 Å². The second kappa shape index (κ2) is 14.1. The van der Waals surface area contributed by atoms with Gasteiger partial charge in [0.05, 0.1) is 12.0 Å². The van der Waals surface area contributed by atoms with E-state index in [0.29, 0.717) is 29.2 Å². The van der Waals surface area contributed by atoms with Crippen molar-refractivity contribution in [3.63, 3.8) is 0 Å². The minimum atomic E-state index is -2.08. The summed E-state index contributed by atoms with van der Waals surface area (Å²) in [6, 6.07) is 11.8. The van der Waals surface area contributed by atoms with Crippen molar-refractivity contribution in [3.05, 3.63) is 63.9 Å². The number of ketones is 1. The number of nitrogens with zero attached hydrogens (tertiary/aromatic N) is 3. The molecule has 1 saturated heterocycles. The lowest BCUT2D eigenvalue weighted by molar-refractivity contribution is -0.186. The number of aryl methyl sites for hydroxylation is 2. The zero-order valence-corrected chi connectivity index (χ0v) is 27.9. The van der Waals surface area contributed by atoms with Crippen molar-refractivity contribution in [1.29, 1.82) is 0 Å². The Hall–Kier alpha value is -4.12. The predicted octanol–water partition coefficient (Wildman–Crippen LogP) is 5.24. The van der Waals surface area contributed by atoms with Crippen LogP contribution in [0.3, 0.4) is 0 Å². The first-order valence-electron chi connectivity index (χ1n) is 15.7. The molecule has 1 aromatic heterocycles. The number of benzene rings is 2. The van der Waals surface area contributed by atoms with Gasteiger partial charge in [0, 0.05) is 31.7 Å². The molecule has 0 unspecified atom stereocenters. The van der Waals surface area contributed by atoms with E-state index in [1.807, 2.05) is 13.0 Å². The number of Topliss-reactive ketones (excluding diaryl/α,β-unsaturated/α-hetero) is 1. The van der Waals surface area contributed by atoms with Gasteiger partial charge in [0.1, 0.15) is 22.5 Å². The molecule has 11 heteroatoms. The molecule has 2 aromatic carbocycles. The van der Waals surface area contributed by atoms with Gasteiger partial charge in [-0.05, 0) is 110 Å². The fraction of sp³-hybridized carbons (Fsp3) is 0.543. The topological polar surface area (TPSA) is 136 Å². The Morgan fingerprint density at radius 3 is 2.11 bits per heavy atom. The summed E-state index contributed by atoms with van der Waals surface area (Å²) >= 11 is 0. The summed E-state index contributed by atoms with van der Waals surface area (Å²) in [5, 5.41) is 8.55. The van der Waals surface area contributed by atoms with Crippen LogP contribution < -0.4 is 10.3 Å². The summed E-state index contributed by atoms with van der Waals surface area (Å²) in [4.78, 5) is 55.2. The molecule has 0 aliphatic carbocycles. The van der Waals surface area contributed by atoms with E-state index in [2.05, 4.69) is 10.3 Å². The van der Waals surface area contributed by atoms with Gasteiger partial charge < -0.3 is 18.9 Å². The molecule has 0 radical (unpaired) electrons. The van der Waals surface area contributed by atoms with Crippen molar-refractivity contribution < 1.29 is 33.3 Å². The smallest absolute Gasteiger partial charge is 0.324 e. The summed E-state index contributed by atoms with van der Waals surface area (Å²) in [6.07, 6.45) is 1.03. The average molecular weight is 636 g/mol. The number of hydrogen-bond acceptors (Lipinski definition) is 10. The Balaban J connectivity index is 1.66. The summed E-state index contributed by atoms with van der Waals surface area (Å²) in [7, 11) is 0. The fourth-order valence-electron chi connectivity index (χ4n) is 5.15. The maximum absolute atomic E-state index is 14.0. The minimum absolute atomic E-state index is 0.194. The van der Waals surface area contributed by atoms with Crippen LogP contribution in [-0.4, -0.2) is 63.7 Å². The Morgan fingerprint density at radius 1 is 0.913 bits per heavy atom. The van der Waals surface area contributed by atoms with Gasteiger partial charge >= 0.3 is 11.9 Å². The molecule has 4 rings (SSSR count). The lowest BCUT2D eigenvalue weighted by atomic mass is 9.78. The van der Waals surface area contributed by atoms with Crippen molar-refractivity contribution in [3.8, 4) is 5.75 Å². The van der Waals surface area contributed by atoms with E-state index < -0.39 is 46.3 Å². The van der Waals surface area contributed by atoms with Crippen LogP contribution in [0.25, 0.3) is 10.9 Å². The van der Waals surface area contributed by atoms with Crippen LogP contribution in [0, 0.1) is 18.3 Å². The lowest BCUT2D eigenvalue weighted by Crippen LogP contribution is -2.49. The number of aromatic nitrogens is 3. The third-order valence-corrected chi connectivity index (χ3v) is 7.67. The minimum Gasteiger partial charge on any atom is -0.493 e. The molecule has 0 bridgehead atoms. The molecule has 1 fully saturated rings. The molecule has 11 nitrogen and oxygen atoms in total. The van der Waals surface area contributed by atoms with E-state index in [1.54, 1.807) is 77.9 Å². The summed E-state index contributed by atoms with van der Waals surface area (Å²) in [6.45, 7) is 13.7. The van der Waals surface area contributed by atoms with E-state index in [9.17, 15) is 19.2 Å². The van der Waals surface area contributed by atoms with Crippen LogP contribution in [-0.2, 0) is 30.3 Å². The number of rotatable bonds is 11. The van der Waals surface area contributed by atoms with Crippen molar-refractivity contribution in [2.45, 2.75) is 91.9 Å². The standard InChI is InChI=1S/C35H45N3O8/c1-23-8-13-28-27(20-23)30(40)38(37-36-28)17-16-35(31(41)45-33(2,3)4,32(42)46-34(5,6)7)21-29(39)25-9-11-26(12-10-25)44-22-24-14-18-43-19-15-24/h8-13,20,24H,14-19,21-22H2,1-7H3. The first-order chi connectivity index (χ1) is 21.6. The molecule has 1 aliphatic heterocycles. The van der Waals surface area contributed by atoms with Crippen molar-refractivity contribution in [2.24, 2.45) is 11.3 Å². The number of carbonyl (C=O) groups excluding carboxylic acids is 3. The predicted molar refractivity (Wildman–Crippen MR) is 172 cm³/mol. The van der Waals surface area contributed by atoms with E-state index >= 15 is 0 Å². The van der Waals surface area contributed by atoms with Crippen LogP contribution in [0.15, 0.2) is 47.3 Å². The van der Waals surface area contributed by atoms with Gasteiger partial charge in [-0.2, -0.15) is 0 Å². The summed E-state index contributed by atoms with van der Waals surface area (Å²) in [5.74, 6) is -1.30. The molecule has 0 saturated carbocycles. The normalized spacial score (nSPS) is 14.6. The van der Waals surface area contributed by atoms with Gasteiger partial charge in [0.2, 0.25) is 0 Å². The Labute approximate surface area is 269 Å². The molecule has 0 N–H and O–H groups in total. The molecule has 2 heterocycles. The molecule has 0 amide bonds. The quantitative estimate of drug-likeness (QED) is 0.156. The average Bonchev–Trinajstić information content (AvgIpc) is 2.98. The van der Waals surface area contributed by atoms with Gasteiger partial charge in [-0.3, -0.25) is 19.2 Å². The van der Waals surface area contributed by atoms with Crippen LogP contribution in [0.5, 0.6) is 5.75 Å². The number of ether oxygens (including phenoxy) is 4. The molecule has 1 aliphatic rings. The highest BCUT2D eigenvalue weighted by Gasteiger charge is 2.52. The Kier molecular flexibility index (Phi) is 10.7. The van der Waals surface area contributed by atoms with Crippen molar-refractivity contribution in [2.75, 3.05) is 19.8 Å². The van der Waals surface area contributed by atoms with Crippen LogP contribution in [0.2, 0.25) is 0 Å². The van der Waals surface area contributed by atoms with E-state index in [0.717, 1.165) is 36.3 Å². The lowest BCUT2D eigenvalue weighted by Gasteiger charge is -2.34. The fourth-order valence-corrected chi connectivity index (χ4v) is 5.15. The van der Waals surface area contributed by atoms with Gasteiger partial charge in [0.25, 0.3) is 5.56 Å². The SMILES string of the molecule is Cc1ccc2nnn(CCC(CC(=O)c3ccc(OCC4CCOCC4)cc3)(C(=O)OC(C)(C)C)C(=O)OC(C)(C)C)c(=O)c2c1. The molecule has 0 spiro atoms. The molecule has 46 heavy (non-hydrogen) atoms. The number of carbonyl (C=O) groups is 3. The van der Waals surface area contributed by atoms with E-state index in [-0.39, 0.29) is 18.5 Å². The second-order valence-corrected chi connectivity index (χ2v) is 14.0. The largest absolute Gasteiger partial charge is 0.493 e. The highest BCUT2D eigenvalue weighted by atomic mass is 16.6. The van der Waals surface area contributed by atoms with E-state index in [4.69, 9.17) is 18.9 Å². The zero-order valence-electron chi connectivity index (χ0n) is 27.9.